The summed E-state index contributed by atoms with van der Waals surface area (Å²) in [7, 11) is 2.18. The molecule has 0 N–H and O–H groups in total. The Hall–Kier alpha value is -0.0800. The Bertz CT molecular complexity index is 160. The van der Waals surface area contributed by atoms with Crippen LogP contribution in [-0.4, -0.2) is 30.8 Å². The van der Waals surface area contributed by atoms with E-state index in [2.05, 4.69) is 18.9 Å². The van der Waals surface area contributed by atoms with E-state index in [1.165, 1.54) is 19.3 Å². The predicted molar refractivity (Wildman–Crippen MR) is 44.3 cm³/mol. The zero-order chi connectivity index (χ0) is 7.90. The molecule has 2 fully saturated rings. The Morgan fingerprint density at radius 3 is 3.09 bits per heavy atom. The van der Waals surface area contributed by atoms with Gasteiger partial charge in [0.05, 0.1) is 13.3 Å². The molecule has 1 saturated carbocycles. The van der Waals surface area contributed by atoms with Crippen molar-refractivity contribution in [2.24, 2.45) is 5.92 Å². The van der Waals surface area contributed by atoms with Crippen LogP contribution in [0.3, 0.4) is 0 Å². The maximum atomic E-state index is 5.49. The number of nitrogens with zero attached hydrogens (tertiary/aromatic N) is 1. The van der Waals surface area contributed by atoms with Gasteiger partial charge >= 0.3 is 0 Å². The van der Waals surface area contributed by atoms with Crippen LogP contribution in [0.4, 0.5) is 0 Å². The third-order valence-corrected chi connectivity index (χ3v) is 3.59. The van der Waals surface area contributed by atoms with E-state index in [9.17, 15) is 0 Å². The summed E-state index contributed by atoms with van der Waals surface area (Å²) in [6.07, 6.45) is 4.10. The fraction of sp³-hybridized carbons (Fsp3) is 1.00. The summed E-state index contributed by atoms with van der Waals surface area (Å²) in [5.74, 6) is 0.793. The van der Waals surface area contributed by atoms with Crippen LogP contribution in [0.1, 0.15) is 26.2 Å². The van der Waals surface area contributed by atoms with Crippen LogP contribution in [0, 0.1) is 5.92 Å². The Morgan fingerprint density at radius 1 is 1.55 bits per heavy atom. The van der Waals surface area contributed by atoms with Gasteiger partial charge in [-0.25, -0.2) is 0 Å². The van der Waals surface area contributed by atoms with E-state index in [1.807, 2.05) is 0 Å². The summed E-state index contributed by atoms with van der Waals surface area (Å²) in [6.45, 7) is 4.20. The van der Waals surface area contributed by atoms with Gasteiger partial charge in [-0.2, -0.15) is 0 Å². The zero-order valence-electron chi connectivity index (χ0n) is 7.47. The van der Waals surface area contributed by atoms with Crippen LogP contribution < -0.4 is 0 Å². The van der Waals surface area contributed by atoms with Crippen molar-refractivity contribution in [3.05, 3.63) is 0 Å². The van der Waals surface area contributed by atoms with Crippen molar-refractivity contribution in [3.63, 3.8) is 0 Å². The second kappa shape index (κ2) is 2.46. The highest BCUT2D eigenvalue weighted by Crippen LogP contribution is 2.41. The lowest BCUT2D eigenvalue weighted by atomic mass is 9.87. The Balaban J connectivity index is 2.17. The number of rotatable bonds is 0. The van der Waals surface area contributed by atoms with Gasteiger partial charge in [0.2, 0.25) is 0 Å². The maximum Gasteiger partial charge on any atom is 0.0992 e. The quantitative estimate of drug-likeness (QED) is 0.525. The monoisotopic (exact) mass is 155 g/mol. The lowest BCUT2D eigenvalue weighted by molar-refractivity contribution is -0.102. The van der Waals surface area contributed by atoms with E-state index in [0.29, 0.717) is 5.54 Å². The summed E-state index contributed by atoms with van der Waals surface area (Å²) in [6, 6.07) is 0. The molecule has 2 atom stereocenters. The molecule has 0 aromatic rings. The molecule has 64 valence electrons. The standard InChI is InChI=1S/C9H17NO/c1-9-5-3-4-8(9)6-11-7-10(9)2/h8H,3-7H2,1-2H3/t8-,9-/m0/s1. The number of hydrogen-bond acceptors (Lipinski definition) is 2. The smallest absolute Gasteiger partial charge is 0.0992 e. The first-order valence-corrected chi connectivity index (χ1v) is 4.52. The fourth-order valence-electron chi connectivity index (χ4n) is 2.47. The number of hydrogen-bond donors (Lipinski definition) is 0. The molecular weight excluding hydrogens is 138 g/mol. The van der Waals surface area contributed by atoms with Gasteiger partial charge < -0.3 is 4.74 Å². The molecule has 2 heteroatoms. The molecule has 0 radical (unpaired) electrons. The van der Waals surface area contributed by atoms with E-state index < -0.39 is 0 Å². The summed E-state index contributed by atoms with van der Waals surface area (Å²) in [5.41, 5.74) is 0.457. The third-order valence-electron chi connectivity index (χ3n) is 3.59. The molecule has 1 saturated heterocycles. The second-order valence-electron chi connectivity index (χ2n) is 4.14. The molecule has 0 bridgehead atoms. The van der Waals surface area contributed by atoms with E-state index in [-0.39, 0.29) is 0 Å². The van der Waals surface area contributed by atoms with Gasteiger partial charge in [-0.15, -0.1) is 0 Å². The fourth-order valence-corrected chi connectivity index (χ4v) is 2.47. The molecular formula is C9H17NO. The minimum atomic E-state index is 0.457. The van der Waals surface area contributed by atoms with E-state index in [1.54, 1.807) is 0 Å². The van der Waals surface area contributed by atoms with Gasteiger partial charge in [0.15, 0.2) is 0 Å². The van der Waals surface area contributed by atoms with Crippen molar-refractivity contribution < 1.29 is 4.74 Å². The second-order valence-corrected chi connectivity index (χ2v) is 4.14. The number of fused-ring (bicyclic) bond motifs is 1. The average Bonchev–Trinajstić information content (AvgIpc) is 2.34. The predicted octanol–water partition coefficient (Wildman–Crippen LogP) is 1.46. The van der Waals surface area contributed by atoms with Crippen molar-refractivity contribution in [1.29, 1.82) is 0 Å². The van der Waals surface area contributed by atoms with Crippen LogP contribution in [0.15, 0.2) is 0 Å². The van der Waals surface area contributed by atoms with Crippen molar-refractivity contribution in [2.75, 3.05) is 20.4 Å². The lowest BCUT2D eigenvalue weighted by Crippen LogP contribution is -2.52. The highest BCUT2D eigenvalue weighted by molar-refractivity contribution is 4.97. The molecule has 1 aliphatic carbocycles. The largest absolute Gasteiger partial charge is 0.366 e. The molecule has 0 amide bonds. The van der Waals surface area contributed by atoms with E-state index in [4.69, 9.17) is 4.74 Å². The molecule has 0 spiro atoms. The normalized spacial score (nSPS) is 45.8. The van der Waals surface area contributed by atoms with Gasteiger partial charge in [0.1, 0.15) is 0 Å². The highest BCUT2D eigenvalue weighted by Gasteiger charge is 2.44. The van der Waals surface area contributed by atoms with Crippen LogP contribution in [0.2, 0.25) is 0 Å². The molecule has 1 heterocycles. The molecule has 2 rings (SSSR count). The molecule has 2 nitrogen and oxygen atoms in total. The summed E-state index contributed by atoms with van der Waals surface area (Å²) < 4.78 is 5.49. The van der Waals surface area contributed by atoms with Gasteiger partial charge in [0.25, 0.3) is 0 Å². The number of ether oxygens (including phenoxy) is 1. The van der Waals surface area contributed by atoms with Gasteiger partial charge in [0, 0.05) is 11.5 Å². The van der Waals surface area contributed by atoms with E-state index >= 15 is 0 Å². The Labute approximate surface area is 68.5 Å². The van der Waals surface area contributed by atoms with Crippen molar-refractivity contribution >= 4 is 0 Å². The van der Waals surface area contributed by atoms with Crippen molar-refractivity contribution in [3.8, 4) is 0 Å². The summed E-state index contributed by atoms with van der Waals surface area (Å²) in [5, 5.41) is 0. The molecule has 1 aliphatic heterocycles. The first-order valence-electron chi connectivity index (χ1n) is 4.52. The van der Waals surface area contributed by atoms with Crippen molar-refractivity contribution in [2.45, 2.75) is 31.7 Å². The highest BCUT2D eigenvalue weighted by atomic mass is 16.5. The van der Waals surface area contributed by atoms with Crippen LogP contribution in [0.25, 0.3) is 0 Å². The lowest BCUT2D eigenvalue weighted by Gasteiger charge is -2.44. The van der Waals surface area contributed by atoms with Gasteiger partial charge in [-0.05, 0) is 26.8 Å². The summed E-state index contributed by atoms with van der Waals surface area (Å²) >= 11 is 0. The van der Waals surface area contributed by atoms with Crippen molar-refractivity contribution in [1.82, 2.24) is 4.90 Å². The molecule has 2 aliphatic rings. The van der Waals surface area contributed by atoms with Crippen LogP contribution in [0.5, 0.6) is 0 Å². The first kappa shape index (κ1) is 7.56. The maximum absolute atomic E-state index is 5.49. The third kappa shape index (κ3) is 1.00. The van der Waals surface area contributed by atoms with Crippen LogP contribution >= 0.6 is 0 Å². The minimum Gasteiger partial charge on any atom is -0.366 e. The van der Waals surface area contributed by atoms with Crippen LogP contribution in [-0.2, 0) is 4.74 Å². The molecule has 0 aromatic carbocycles. The molecule has 0 aromatic heterocycles. The SMILES string of the molecule is CN1COC[C@@H]2CCC[C@@]21C. The van der Waals surface area contributed by atoms with Gasteiger partial charge in [-0.1, -0.05) is 6.42 Å². The Morgan fingerprint density at radius 2 is 2.36 bits per heavy atom. The average molecular weight is 155 g/mol. The van der Waals surface area contributed by atoms with Gasteiger partial charge in [-0.3, -0.25) is 4.90 Å². The molecule has 0 unspecified atom stereocenters. The first-order chi connectivity index (χ1) is 5.23. The van der Waals surface area contributed by atoms with E-state index in [0.717, 1.165) is 19.3 Å². The zero-order valence-corrected chi connectivity index (χ0v) is 7.47. The summed E-state index contributed by atoms with van der Waals surface area (Å²) in [4.78, 5) is 2.37. The Kier molecular flexibility index (Phi) is 1.69. The minimum absolute atomic E-state index is 0.457. The topological polar surface area (TPSA) is 12.5 Å². The molecule has 11 heavy (non-hydrogen) atoms.